The molecule has 102 valence electrons. The highest BCUT2D eigenvalue weighted by Gasteiger charge is 2.22. The van der Waals surface area contributed by atoms with E-state index in [-0.39, 0.29) is 0 Å². The van der Waals surface area contributed by atoms with Gasteiger partial charge in [-0.2, -0.15) is 5.26 Å². The lowest BCUT2D eigenvalue weighted by Crippen LogP contribution is -2.16. The van der Waals surface area contributed by atoms with E-state index >= 15 is 0 Å². The zero-order chi connectivity index (χ0) is 13.1. The van der Waals surface area contributed by atoms with Gasteiger partial charge in [0.05, 0.1) is 5.56 Å². The van der Waals surface area contributed by atoms with Crippen LogP contribution in [0.15, 0.2) is 0 Å². The highest BCUT2D eigenvalue weighted by Crippen LogP contribution is 2.35. The molecule has 0 aromatic carbocycles. The SMILES string of the molecule is N#Cc1c(CC2CCCCC2)sc2c1CCNCC2. The van der Waals surface area contributed by atoms with Gasteiger partial charge in [-0.05, 0) is 43.8 Å². The van der Waals surface area contributed by atoms with E-state index in [1.165, 1.54) is 47.4 Å². The van der Waals surface area contributed by atoms with E-state index in [2.05, 4.69) is 11.4 Å². The van der Waals surface area contributed by atoms with Crippen molar-refractivity contribution in [3.05, 3.63) is 20.9 Å². The molecule has 0 saturated heterocycles. The van der Waals surface area contributed by atoms with E-state index in [1.807, 2.05) is 11.3 Å². The third-order valence-corrected chi connectivity index (χ3v) is 5.87. The lowest BCUT2D eigenvalue weighted by atomic mass is 9.86. The first kappa shape index (κ1) is 13.1. The Morgan fingerprint density at radius 2 is 1.95 bits per heavy atom. The topological polar surface area (TPSA) is 35.8 Å². The van der Waals surface area contributed by atoms with Crippen LogP contribution in [0.25, 0.3) is 0 Å². The summed E-state index contributed by atoms with van der Waals surface area (Å²) in [7, 11) is 0. The predicted octanol–water partition coefficient (Wildman–Crippen LogP) is 3.43. The molecule has 0 amide bonds. The first-order chi connectivity index (χ1) is 9.38. The summed E-state index contributed by atoms with van der Waals surface area (Å²) in [5, 5.41) is 13.0. The quantitative estimate of drug-likeness (QED) is 0.897. The van der Waals surface area contributed by atoms with Crippen molar-refractivity contribution >= 4 is 11.3 Å². The van der Waals surface area contributed by atoms with Crippen molar-refractivity contribution in [3.8, 4) is 6.07 Å². The van der Waals surface area contributed by atoms with E-state index in [9.17, 15) is 5.26 Å². The van der Waals surface area contributed by atoms with Crippen LogP contribution >= 0.6 is 11.3 Å². The summed E-state index contributed by atoms with van der Waals surface area (Å²) in [5.41, 5.74) is 2.40. The van der Waals surface area contributed by atoms with Crippen LogP contribution in [-0.2, 0) is 19.3 Å². The molecule has 2 heterocycles. The third kappa shape index (κ3) is 2.85. The molecule has 0 radical (unpaired) electrons. The van der Waals surface area contributed by atoms with Gasteiger partial charge in [-0.1, -0.05) is 32.1 Å². The van der Waals surface area contributed by atoms with Crippen LogP contribution in [0.2, 0.25) is 0 Å². The van der Waals surface area contributed by atoms with Gasteiger partial charge in [-0.25, -0.2) is 0 Å². The van der Waals surface area contributed by atoms with E-state index in [0.717, 1.165) is 43.8 Å². The fraction of sp³-hybridized carbons (Fsp3) is 0.688. The zero-order valence-corrected chi connectivity index (χ0v) is 12.3. The van der Waals surface area contributed by atoms with Crippen molar-refractivity contribution in [1.82, 2.24) is 5.32 Å². The van der Waals surface area contributed by atoms with E-state index in [1.54, 1.807) is 0 Å². The highest BCUT2D eigenvalue weighted by molar-refractivity contribution is 7.12. The van der Waals surface area contributed by atoms with Gasteiger partial charge in [-0.3, -0.25) is 0 Å². The van der Waals surface area contributed by atoms with Gasteiger partial charge in [0.15, 0.2) is 0 Å². The molecule has 19 heavy (non-hydrogen) atoms. The number of hydrogen-bond acceptors (Lipinski definition) is 3. The normalized spacial score (nSPS) is 20.6. The number of fused-ring (bicyclic) bond motifs is 1. The first-order valence-corrected chi connectivity index (χ1v) is 8.44. The van der Waals surface area contributed by atoms with Crippen LogP contribution in [-0.4, -0.2) is 13.1 Å². The summed E-state index contributed by atoms with van der Waals surface area (Å²) < 4.78 is 0. The zero-order valence-electron chi connectivity index (χ0n) is 11.5. The summed E-state index contributed by atoms with van der Waals surface area (Å²) in [6, 6.07) is 2.50. The van der Waals surface area contributed by atoms with Gasteiger partial charge < -0.3 is 5.32 Å². The summed E-state index contributed by atoms with van der Waals surface area (Å²) in [5.74, 6) is 0.835. The van der Waals surface area contributed by atoms with Crippen molar-refractivity contribution in [3.63, 3.8) is 0 Å². The molecule has 3 rings (SSSR count). The molecule has 1 aromatic heterocycles. The van der Waals surface area contributed by atoms with Crippen molar-refractivity contribution in [2.75, 3.05) is 13.1 Å². The summed E-state index contributed by atoms with van der Waals surface area (Å²) >= 11 is 1.93. The molecular weight excluding hydrogens is 252 g/mol. The fourth-order valence-corrected chi connectivity index (χ4v) is 4.92. The molecule has 0 bridgehead atoms. The van der Waals surface area contributed by atoms with Gasteiger partial charge >= 0.3 is 0 Å². The Balaban J connectivity index is 1.82. The minimum absolute atomic E-state index is 0.835. The molecular formula is C16H22N2S. The van der Waals surface area contributed by atoms with Crippen LogP contribution in [0.5, 0.6) is 0 Å². The van der Waals surface area contributed by atoms with Crippen LogP contribution in [0.4, 0.5) is 0 Å². The fourth-order valence-electron chi connectivity index (χ4n) is 3.50. The Morgan fingerprint density at radius 3 is 2.74 bits per heavy atom. The minimum Gasteiger partial charge on any atom is -0.316 e. The molecule has 1 saturated carbocycles. The Morgan fingerprint density at radius 1 is 1.16 bits per heavy atom. The van der Waals surface area contributed by atoms with E-state index < -0.39 is 0 Å². The number of nitrogens with zero attached hydrogens (tertiary/aromatic N) is 1. The molecule has 1 N–H and O–H groups in total. The Hall–Kier alpha value is -0.850. The monoisotopic (exact) mass is 274 g/mol. The molecule has 1 fully saturated rings. The van der Waals surface area contributed by atoms with Crippen LogP contribution < -0.4 is 5.32 Å². The van der Waals surface area contributed by atoms with Crippen LogP contribution in [0, 0.1) is 17.2 Å². The summed E-state index contributed by atoms with van der Waals surface area (Å²) in [4.78, 5) is 2.87. The summed E-state index contributed by atoms with van der Waals surface area (Å²) in [6.07, 6.45) is 10.2. The second-order valence-corrected chi connectivity index (χ2v) is 7.06. The van der Waals surface area contributed by atoms with Gasteiger partial charge in [0.1, 0.15) is 6.07 Å². The highest BCUT2D eigenvalue weighted by atomic mass is 32.1. The van der Waals surface area contributed by atoms with Gasteiger partial charge in [-0.15, -0.1) is 11.3 Å². The largest absolute Gasteiger partial charge is 0.316 e. The van der Waals surface area contributed by atoms with Crippen LogP contribution in [0.1, 0.15) is 53.0 Å². The van der Waals surface area contributed by atoms with Crippen molar-refractivity contribution in [2.45, 2.75) is 51.4 Å². The number of nitrogens with one attached hydrogen (secondary N) is 1. The number of hydrogen-bond donors (Lipinski definition) is 1. The third-order valence-electron chi connectivity index (χ3n) is 4.55. The lowest BCUT2D eigenvalue weighted by molar-refractivity contribution is 0.358. The Kier molecular flexibility index (Phi) is 4.20. The molecule has 0 atom stereocenters. The average Bonchev–Trinajstić information content (AvgIpc) is 2.61. The molecule has 2 aliphatic rings. The molecule has 1 aliphatic heterocycles. The van der Waals surface area contributed by atoms with Crippen LogP contribution in [0.3, 0.4) is 0 Å². The second-order valence-electron chi connectivity index (χ2n) is 5.87. The lowest BCUT2D eigenvalue weighted by Gasteiger charge is -2.20. The van der Waals surface area contributed by atoms with Gasteiger partial charge in [0.25, 0.3) is 0 Å². The number of rotatable bonds is 2. The first-order valence-electron chi connectivity index (χ1n) is 7.62. The maximum absolute atomic E-state index is 9.52. The van der Waals surface area contributed by atoms with Crippen molar-refractivity contribution < 1.29 is 0 Å². The van der Waals surface area contributed by atoms with Crippen molar-refractivity contribution in [1.29, 1.82) is 5.26 Å². The van der Waals surface area contributed by atoms with Gasteiger partial charge in [0.2, 0.25) is 0 Å². The van der Waals surface area contributed by atoms with Crippen molar-refractivity contribution in [2.24, 2.45) is 5.92 Å². The van der Waals surface area contributed by atoms with Gasteiger partial charge in [0, 0.05) is 9.75 Å². The summed E-state index contributed by atoms with van der Waals surface area (Å²) in [6.45, 7) is 2.10. The van der Waals surface area contributed by atoms with E-state index in [0.29, 0.717) is 0 Å². The number of thiophene rings is 1. The standard InChI is InChI=1S/C16H22N2S/c17-11-14-13-6-8-18-9-7-15(13)19-16(14)10-12-4-2-1-3-5-12/h12,18H,1-10H2. The Labute approximate surface area is 119 Å². The molecule has 3 heteroatoms. The molecule has 0 unspecified atom stereocenters. The maximum atomic E-state index is 9.52. The second kappa shape index (κ2) is 6.07. The molecule has 1 aromatic rings. The number of nitriles is 1. The smallest absolute Gasteiger partial charge is 0.101 e. The maximum Gasteiger partial charge on any atom is 0.101 e. The Bertz CT molecular complexity index is 478. The molecule has 1 aliphatic carbocycles. The average molecular weight is 274 g/mol. The predicted molar refractivity (Wildman–Crippen MR) is 79.6 cm³/mol. The molecule has 2 nitrogen and oxygen atoms in total. The van der Waals surface area contributed by atoms with E-state index in [4.69, 9.17) is 0 Å². The minimum atomic E-state index is 0.835. The molecule has 0 spiro atoms.